The molecule has 2 saturated heterocycles. The van der Waals surface area contributed by atoms with Gasteiger partial charge in [0, 0.05) is 47.7 Å². The number of fused-ring (bicyclic) bond motifs is 2. The van der Waals surface area contributed by atoms with Gasteiger partial charge >= 0.3 is 6.03 Å². The smallest absolute Gasteiger partial charge is 0.318 e. The van der Waals surface area contributed by atoms with Crippen LogP contribution in [-0.4, -0.2) is 104 Å². The Morgan fingerprint density at radius 2 is 1.69 bits per heavy atom. The van der Waals surface area contributed by atoms with Crippen molar-refractivity contribution >= 4 is 59.2 Å². The maximum absolute atomic E-state index is 14.5. The number of ketones is 1. The van der Waals surface area contributed by atoms with Crippen LogP contribution in [0.4, 0.5) is 4.79 Å². The number of hydrogen-bond acceptors (Lipinski definition) is 8. The summed E-state index contributed by atoms with van der Waals surface area (Å²) < 4.78 is 8.44. The van der Waals surface area contributed by atoms with Gasteiger partial charge in [0.1, 0.15) is 23.4 Å². The van der Waals surface area contributed by atoms with Crippen LogP contribution in [0.5, 0.6) is 11.5 Å². The number of hydrogen-bond donors (Lipinski definition) is 3. The van der Waals surface area contributed by atoms with Crippen molar-refractivity contribution in [1.82, 2.24) is 34.9 Å². The number of Topliss-reactive ketones (excluding diaryl/α,β-unsaturated/α-hetero) is 1. The monoisotopic (exact) mass is 895 g/mol. The maximum Gasteiger partial charge on any atom is 0.318 e. The molecule has 3 heterocycles. The number of piperidine rings is 1. The van der Waals surface area contributed by atoms with Crippen LogP contribution < -0.4 is 15.4 Å². The molecule has 0 radical (unpaired) electrons. The van der Waals surface area contributed by atoms with Crippen molar-refractivity contribution in [2.45, 2.75) is 77.2 Å². The van der Waals surface area contributed by atoms with Crippen molar-refractivity contribution in [2.75, 3.05) is 33.8 Å². The maximum atomic E-state index is 14.5. The van der Waals surface area contributed by atoms with E-state index in [0.29, 0.717) is 59.5 Å². The molecule has 3 N–H and O–H groups in total. The Morgan fingerprint density at radius 3 is 2.34 bits per heavy atom. The zero-order chi connectivity index (χ0) is 43.3. The Morgan fingerprint density at radius 1 is 1.00 bits per heavy atom. The van der Waals surface area contributed by atoms with Crippen molar-refractivity contribution in [2.24, 2.45) is 18.9 Å². The lowest BCUT2D eigenvalue weighted by Crippen LogP contribution is -2.65. The Balaban J connectivity index is 0.00000704. The zero-order valence-corrected chi connectivity index (χ0v) is 37.8. The van der Waals surface area contributed by atoms with Gasteiger partial charge in [0.2, 0.25) is 11.8 Å². The van der Waals surface area contributed by atoms with E-state index in [2.05, 4.69) is 20.5 Å². The number of nitrogens with one attached hydrogen (secondary N) is 2. The molecule has 61 heavy (non-hydrogen) atoms. The predicted octanol–water partition coefficient (Wildman–Crippen LogP) is 6.90. The molecule has 2 fully saturated rings. The molecule has 4 aromatic rings. The lowest BCUT2D eigenvalue weighted by Gasteiger charge is -2.45. The number of aromatic nitrogens is 2. The number of nitrogens with zero attached hydrogens (tertiary/aromatic N) is 5. The number of amides is 4. The van der Waals surface area contributed by atoms with E-state index < -0.39 is 47.9 Å². The van der Waals surface area contributed by atoms with E-state index in [4.69, 9.17) is 27.9 Å². The van der Waals surface area contributed by atoms with Crippen molar-refractivity contribution < 1.29 is 29.0 Å². The van der Waals surface area contributed by atoms with E-state index >= 15 is 0 Å². The molecule has 2 aliphatic rings. The summed E-state index contributed by atoms with van der Waals surface area (Å²) in [7, 11) is 5.97. The number of carbonyl (C=O) groups is 4. The van der Waals surface area contributed by atoms with Crippen molar-refractivity contribution in [3.05, 3.63) is 99.9 Å². The third-order valence-electron chi connectivity index (χ3n) is 11.5. The molecule has 16 heteroatoms. The highest BCUT2D eigenvalue weighted by Crippen LogP contribution is 2.33. The Labute approximate surface area is 374 Å². The molecule has 4 atom stereocenters. The number of benzene rings is 3. The summed E-state index contributed by atoms with van der Waals surface area (Å²) in [6.45, 7) is 5.93. The van der Waals surface area contributed by atoms with Gasteiger partial charge in [0.25, 0.3) is 0 Å². The predicted molar refractivity (Wildman–Crippen MR) is 239 cm³/mol. The van der Waals surface area contributed by atoms with Gasteiger partial charge < -0.3 is 39.7 Å². The first-order valence-corrected chi connectivity index (χ1v) is 21.1. The van der Waals surface area contributed by atoms with Gasteiger partial charge in [0.15, 0.2) is 5.78 Å². The van der Waals surface area contributed by atoms with Crippen LogP contribution in [0, 0.1) is 11.8 Å². The summed E-state index contributed by atoms with van der Waals surface area (Å²) in [4.78, 5) is 66.8. The van der Waals surface area contributed by atoms with Crippen LogP contribution >= 0.6 is 35.6 Å². The molecule has 328 valence electrons. The molecule has 2 aliphatic heterocycles. The summed E-state index contributed by atoms with van der Waals surface area (Å²) in [5, 5.41) is 17.6. The second kappa shape index (κ2) is 20.5. The van der Waals surface area contributed by atoms with Crippen LogP contribution in [0.3, 0.4) is 0 Å². The third kappa shape index (κ3) is 11.4. The lowest BCUT2D eigenvalue weighted by molar-refractivity contribution is -0.140. The molecule has 0 saturated carbocycles. The SMILES string of the molecule is CC(C)[C@@H]1NC(=O)N(Cc2ccc(Cl)cc2Oc2ccc(-c3cnc(CN(C)C)n3C)cc2)[C@@H](C)C(=O)C[C@@H](CO)C(=O)N[C@@]2(Cc3ccc(Cl)cc3)CCCN(C2)C1=O.Cl. The summed E-state index contributed by atoms with van der Waals surface area (Å²) >= 11 is 12.7. The zero-order valence-electron chi connectivity index (χ0n) is 35.5. The van der Waals surface area contributed by atoms with Crippen LogP contribution in [0.1, 0.15) is 57.0 Å². The second-order valence-corrected chi connectivity index (χ2v) is 17.6. The third-order valence-corrected chi connectivity index (χ3v) is 12.0. The number of rotatable bonds is 11. The molecule has 3 aromatic carbocycles. The quantitative estimate of drug-likeness (QED) is 0.147. The van der Waals surface area contributed by atoms with Gasteiger partial charge in [-0.2, -0.15) is 0 Å². The van der Waals surface area contributed by atoms with Gasteiger partial charge in [-0.1, -0.05) is 55.2 Å². The first kappa shape index (κ1) is 47.4. The van der Waals surface area contributed by atoms with Crippen molar-refractivity contribution in [1.29, 1.82) is 0 Å². The highest BCUT2D eigenvalue weighted by Gasteiger charge is 2.43. The average Bonchev–Trinajstić information content (AvgIpc) is 3.57. The van der Waals surface area contributed by atoms with Gasteiger partial charge in [-0.05, 0) is 100 Å². The van der Waals surface area contributed by atoms with Gasteiger partial charge in [-0.3, -0.25) is 14.4 Å². The fourth-order valence-corrected chi connectivity index (χ4v) is 8.30. The Bertz CT molecular complexity index is 2180. The number of aliphatic hydroxyl groups excluding tert-OH is 1. The first-order chi connectivity index (χ1) is 28.6. The second-order valence-electron chi connectivity index (χ2n) is 16.7. The van der Waals surface area contributed by atoms with Gasteiger partial charge in [-0.15, -0.1) is 12.4 Å². The molecule has 0 unspecified atom stereocenters. The van der Waals surface area contributed by atoms with Crippen molar-refractivity contribution in [3.63, 3.8) is 0 Å². The largest absolute Gasteiger partial charge is 0.457 e. The summed E-state index contributed by atoms with van der Waals surface area (Å²) in [6, 6.07) is 17.3. The van der Waals surface area contributed by atoms with Crippen molar-refractivity contribution in [3.8, 4) is 22.8 Å². The van der Waals surface area contributed by atoms with E-state index in [9.17, 15) is 24.3 Å². The first-order valence-electron chi connectivity index (χ1n) is 20.3. The van der Waals surface area contributed by atoms with E-state index in [1.807, 2.05) is 82.2 Å². The van der Waals surface area contributed by atoms with Crippen LogP contribution in [0.25, 0.3) is 11.3 Å². The molecule has 1 aromatic heterocycles. The molecule has 2 bridgehead atoms. The number of urea groups is 1. The Hall–Kier alpha value is -4.66. The average molecular weight is 897 g/mol. The highest BCUT2D eigenvalue weighted by molar-refractivity contribution is 6.31. The fourth-order valence-electron chi connectivity index (χ4n) is 8.01. The molecule has 0 spiro atoms. The minimum Gasteiger partial charge on any atom is -0.457 e. The van der Waals surface area contributed by atoms with E-state index in [-0.39, 0.29) is 43.7 Å². The number of imidazole rings is 1. The minimum atomic E-state index is -1.09. The van der Waals surface area contributed by atoms with E-state index in [0.717, 1.165) is 22.6 Å². The van der Waals surface area contributed by atoms with Gasteiger partial charge in [-0.25, -0.2) is 9.78 Å². The van der Waals surface area contributed by atoms with E-state index in [1.165, 1.54) is 4.90 Å². The molecule has 0 aliphatic carbocycles. The van der Waals surface area contributed by atoms with Crippen LogP contribution in [0.2, 0.25) is 10.0 Å². The number of ether oxygens (including phenoxy) is 1. The normalized spacial score (nSPS) is 21.5. The molecule has 6 rings (SSSR count). The molecular weight excluding hydrogens is 841 g/mol. The highest BCUT2D eigenvalue weighted by atomic mass is 35.5. The lowest BCUT2D eigenvalue weighted by atomic mass is 9.81. The summed E-state index contributed by atoms with van der Waals surface area (Å²) in [6.07, 6.45) is 3.08. The molecule has 13 nitrogen and oxygen atoms in total. The minimum absolute atomic E-state index is 0. The van der Waals surface area contributed by atoms with E-state index in [1.54, 1.807) is 42.2 Å². The summed E-state index contributed by atoms with van der Waals surface area (Å²) in [5.74, 6) is -0.806. The molecular formula is C45H56Cl3N7O6. The van der Waals surface area contributed by atoms with Crippen LogP contribution in [0.15, 0.2) is 72.9 Å². The van der Waals surface area contributed by atoms with Crippen LogP contribution in [-0.2, 0) is 40.9 Å². The Kier molecular flexibility index (Phi) is 15.9. The number of carbonyl (C=O) groups excluding carboxylic acids is 4. The topological polar surface area (TPSA) is 149 Å². The fraction of sp³-hybridized carbons (Fsp3) is 0.444. The van der Waals surface area contributed by atoms with Gasteiger partial charge in [0.05, 0.1) is 49.1 Å². The number of halogens is 3. The number of aliphatic hydroxyl groups is 1. The molecule has 4 amide bonds. The standard InChI is InChI=1S/C45H55Cl2N7O6.ClH/c1-28(2)41-43(58)53-19-7-18-45(27-53,22-30-8-13-34(46)14-9-30)50-42(57)33(26-55)20-38(56)29(3)54(44(59)49-41)24-32-10-15-35(47)21-39(32)60-36-16-11-31(12-17-36)37-23-48-40(52(37)6)25-51(4)5;/h8-17,21,23,28-29,33,41,55H,7,18-20,22,24-27H2,1-6H3,(H,49,59)(H,50,57);1H/t29-,33-,41-,45+;/m0./s1. The summed E-state index contributed by atoms with van der Waals surface area (Å²) in [5.41, 5.74) is 2.47.